The molecule has 0 unspecified atom stereocenters. The molecule has 1 N–H and O–H groups in total. The number of rotatable bonds is 1. The molecular formula is C15H19BrClFN2O. The number of piperidine rings is 1. The van der Waals surface area contributed by atoms with Crippen molar-refractivity contribution in [3.63, 3.8) is 0 Å². The van der Waals surface area contributed by atoms with Crippen molar-refractivity contribution in [2.45, 2.75) is 19.3 Å². The van der Waals surface area contributed by atoms with Crippen LogP contribution in [0.2, 0.25) is 0 Å². The lowest BCUT2D eigenvalue weighted by molar-refractivity contribution is 0.0607. The molecule has 0 saturated carbocycles. The maximum absolute atomic E-state index is 13.1. The topological polar surface area (TPSA) is 32.3 Å². The zero-order chi connectivity index (χ0) is 14.2. The van der Waals surface area contributed by atoms with Crippen molar-refractivity contribution in [2.75, 3.05) is 26.2 Å². The number of hydrogen-bond acceptors (Lipinski definition) is 2. The molecule has 2 saturated heterocycles. The molecule has 1 spiro atoms. The van der Waals surface area contributed by atoms with Crippen molar-refractivity contribution in [2.24, 2.45) is 5.41 Å². The number of hydrogen-bond donors (Lipinski definition) is 1. The summed E-state index contributed by atoms with van der Waals surface area (Å²) in [6.07, 6.45) is 3.34. The third-order valence-corrected chi connectivity index (χ3v) is 5.26. The van der Waals surface area contributed by atoms with Gasteiger partial charge in [0.15, 0.2) is 0 Å². The molecule has 116 valence electrons. The summed E-state index contributed by atoms with van der Waals surface area (Å²) < 4.78 is 13.6. The van der Waals surface area contributed by atoms with Gasteiger partial charge in [0.2, 0.25) is 0 Å². The van der Waals surface area contributed by atoms with E-state index in [1.54, 1.807) is 6.07 Å². The Morgan fingerprint density at radius 3 is 2.57 bits per heavy atom. The van der Waals surface area contributed by atoms with E-state index in [0.717, 1.165) is 39.0 Å². The van der Waals surface area contributed by atoms with E-state index in [0.29, 0.717) is 15.5 Å². The average molecular weight is 378 g/mol. The third kappa shape index (κ3) is 3.41. The molecule has 2 aliphatic rings. The summed E-state index contributed by atoms with van der Waals surface area (Å²) in [7, 11) is 0. The molecule has 1 aromatic rings. The van der Waals surface area contributed by atoms with Gasteiger partial charge in [-0.05, 0) is 65.4 Å². The molecule has 1 aromatic carbocycles. The van der Waals surface area contributed by atoms with Crippen LogP contribution < -0.4 is 5.32 Å². The minimum Gasteiger partial charge on any atom is -0.339 e. The first-order chi connectivity index (χ1) is 9.60. The van der Waals surface area contributed by atoms with Gasteiger partial charge in [-0.15, -0.1) is 12.4 Å². The largest absolute Gasteiger partial charge is 0.339 e. The maximum Gasteiger partial charge on any atom is 0.255 e. The molecule has 3 rings (SSSR count). The summed E-state index contributed by atoms with van der Waals surface area (Å²) in [5, 5.41) is 3.42. The average Bonchev–Trinajstić information content (AvgIpc) is 2.87. The van der Waals surface area contributed by atoms with Gasteiger partial charge in [-0.1, -0.05) is 0 Å². The Bertz CT molecular complexity index is 524. The quantitative estimate of drug-likeness (QED) is 0.815. The molecule has 0 atom stereocenters. The van der Waals surface area contributed by atoms with Crippen molar-refractivity contribution in [3.05, 3.63) is 34.1 Å². The molecule has 1 amide bonds. The Labute approximate surface area is 138 Å². The molecule has 0 aromatic heterocycles. The van der Waals surface area contributed by atoms with Crippen LogP contribution in [0.15, 0.2) is 22.7 Å². The molecule has 2 heterocycles. The molecule has 0 radical (unpaired) electrons. The van der Waals surface area contributed by atoms with Gasteiger partial charge >= 0.3 is 0 Å². The number of halogens is 3. The lowest BCUT2D eigenvalue weighted by Crippen LogP contribution is -2.44. The zero-order valence-corrected chi connectivity index (χ0v) is 14.1. The van der Waals surface area contributed by atoms with Gasteiger partial charge < -0.3 is 10.2 Å². The van der Waals surface area contributed by atoms with Crippen LogP contribution >= 0.6 is 28.3 Å². The third-order valence-electron chi connectivity index (χ3n) is 4.60. The molecule has 2 aliphatic heterocycles. The molecular weight excluding hydrogens is 359 g/mol. The summed E-state index contributed by atoms with van der Waals surface area (Å²) in [6.45, 7) is 3.77. The summed E-state index contributed by atoms with van der Waals surface area (Å²) in [5.74, 6) is -0.333. The minimum atomic E-state index is -0.331. The number of amides is 1. The van der Waals surface area contributed by atoms with Gasteiger partial charge in [-0.2, -0.15) is 0 Å². The van der Waals surface area contributed by atoms with Gasteiger partial charge in [0.05, 0.1) is 5.56 Å². The predicted molar refractivity (Wildman–Crippen MR) is 86.4 cm³/mol. The summed E-state index contributed by atoms with van der Waals surface area (Å²) >= 11 is 3.28. The molecule has 0 bridgehead atoms. The SMILES string of the molecule is Cl.O=C(c1ccc(F)cc1Br)N1CCC2(CCNC2)CC1. The number of carbonyl (C=O) groups excluding carboxylic acids is 1. The standard InChI is InChI=1S/C15H18BrFN2O.ClH/c16-13-9-11(17)1-2-12(13)14(20)19-7-4-15(5-8-19)3-6-18-10-15;/h1-2,9,18H,3-8,10H2;1H. The molecule has 0 aliphatic carbocycles. The first kappa shape index (κ1) is 16.7. The Balaban J connectivity index is 0.00000161. The van der Waals surface area contributed by atoms with E-state index in [1.807, 2.05) is 4.90 Å². The Hall–Kier alpha value is -0.650. The van der Waals surface area contributed by atoms with Gasteiger partial charge in [0, 0.05) is 24.1 Å². The van der Waals surface area contributed by atoms with Crippen LogP contribution in [0.1, 0.15) is 29.6 Å². The fourth-order valence-electron chi connectivity index (χ4n) is 3.24. The molecule has 3 nitrogen and oxygen atoms in total. The summed E-state index contributed by atoms with van der Waals surface area (Å²) in [6, 6.07) is 4.24. The van der Waals surface area contributed by atoms with E-state index in [2.05, 4.69) is 21.2 Å². The second-order valence-corrected chi connectivity index (χ2v) is 6.70. The van der Waals surface area contributed by atoms with Crippen molar-refractivity contribution in [3.8, 4) is 0 Å². The summed E-state index contributed by atoms with van der Waals surface area (Å²) in [4.78, 5) is 14.4. The highest BCUT2D eigenvalue weighted by molar-refractivity contribution is 9.10. The summed E-state index contributed by atoms with van der Waals surface area (Å²) in [5.41, 5.74) is 0.948. The second-order valence-electron chi connectivity index (χ2n) is 5.84. The number of carbonyl (C=O) groups is 1. The van der Waals surface area contributed by atoms with Crippen molar-refractivity contribution < 1.29 is 9.18 Å². The van der Waals surface area contributed by atoms with E-state index < -0.39 is 0 Å². The van der Waals surface area contributed by atoms with Crippen LogP contribution in [0, 0.1) is 11.2 Å². The Kier molecular flexibility index (Phi) is 5.28. The van der Waals surface area contributed by atoms with Crippen LogP contribution in [0.5, 0.6) is 0 Å². The van der Waals surface area contributed by atoms with Gasteiger partial charge in [-0.25, -0.2) is 4.39 Å². The van der Waals surface area contributed by atoms with Gasteiger partial charge in [-0.3, -0.25) is 4.79 Å². The smallest absolute Gasteiger partial charge is 0.255 e. The van der Waals surface area contributed by atoms with E-state index in [9.17, 15) is 9.18 Å². The molecule has 2 fully saturated rings. The number of nitrogens with zero attached hydrogens (tertiary/aromatic N) is 1. The fourth-order valence-corrected chi connectivity index (χ4v) is 3.76. The first-order valence-electron chi connectivity index (χ1n) is 7.05. The monoisotopic (exact) mass is 376 g/mol. The predicted octanol–water partition coefficient (Wildman–Crippen LogP) is 3.23. The van der Waals surface area contributed by atoms with E-state index in [1.165, 1.54) is 18.6 Å². The lowest BCUT2D eigenvalue weighted by Gasteiger charge is -2.39. The van der Waals surface area contributed by atoms with E-state index in [-0.39, 0.29) is 24.1 Å². The Morgan fingerprint density at radius 1 is 1.29 bits per heavy atom. The Morgan fingerprint density at radius 2 is 2.00 bits per heavy atom. The highest BCUT2D eigenvalue weighted by Crippen LogP contribution is 2.37. The highest BCUT2D eigenvalue weighted by Gasteiger charge is 2.38. The zero-order valence-electron chi connectivity index (χ0n) is 11.7. The van der Waals surface area contributed by atoms with Crippen molar-refractivity contribution in [1.29, 1.82) is 0 Å². The second kappa shape index (κ2) is 6.63. The van der Waals surface area contributed by atoms with Crippen LogP contribution in [0.25, 0.3) is 0 Å². The highest BCUT2D eigenvalue weighted by atomic mass is 79.9. The van der Waals surface area contributed by atoms with Gasteiger partial charge in [0.1, 0.15) is 5.82 Å². The van der Waals surface area contributed by atoms with Crippen LogP contribution in [-0.2, 0) is 0 Å². The van der Waals surface area contributed by atoms with Crippen LogP contribution in [0.3, 0.4) is 0 Å². The van der Waals surface area contributed by atoms with E-state index in [4.69, 9.17) is 0 Å². The minimum absolute atomic E-state index is 0. The van der Waals surface area contributed by atoms with Crippen molar-refractivity contribution >= 4 is 34.2 Å². The molecule has 6 heteroatoms. The number of likely N-dealkylation sites (tertiary alicyclic amines) is 1. The van der Waals surface area contributed by atoms with E-state index >= 15 is 0 Å². The number of nitrogens with one attached hydrogen (secondary N) is 1. The molecule has 21 heavy (non-hydrogen) atoms. The van der Waals surface area contributed by atoms with Gasteiger partial charge in [0.25, 0.3) is 5.91 Å². The van der Waals surface area contributed by atoms with Crippen LogP contribution in [0.4, 0.5) is 4.39 Å². The number of benzene rings is 1. The van der Waals surface area contributed by atoms with Crippen LogP contribution in [-0.4, -0.2) is 37.0 Å². The first-order valence-corrected chi connectivity index (χ1v) is 7.84. The van der Waals surface area contributed by atoms with Crippen molar-refractivity contribution in [1.82, 2.24) is 10.2 Å². The lowest BCUT2D eigenvalue weighted by atomic mass is 9.78. The normalized spacial score (nSPS) is 20.4. The fraction of sp³-hybridized carbons (Fsp3) is 0.533. The maximum atomic E-state index is 13.1.